The molecule has 0 aliphatic carbocycles. The van der Waals surface area contributed by atoms with E-state index in [0.29, 0.717) is 42.7 Å². The third kappa shape index (κ3) is 5.07. The van der Waals surface area contributed by atoms with E-state index >= 15 is 0 Å². The number of thiophene rings is 1. The standard InChI is InChI=1S/C13H23N3O4S/c1-15-12(17)11-9(14)10(19-3)13(21-11)16-5-4-6-20-8-7-18-2/h16H,4-8,14H2,1-3H3,(H,15,17). The highest BCUT2D eigenvalue weighted by Gasteiger charge is 2.20. The molecule has 0 aliphatic rings. The minimum Gasteiger partial charge on any atom is -0.492 e. The summed E-state index contributed by atoms with van der Waals surface area (Å²) in [4.78, 5) is 12.1. The zero-order chi connectivity index (χ0) is 15.7. The molecule has 0 radical (unpaired) electrons. The Balaban J connectivity index is 2.49. The first-order chi connectivity index (χ1) is 10.2. The molecular weight excluding hydrogens is 294 g/mol. The van der Waals surface area contributed by atoms with E-state index in [2.05, 4.69) is 10.6 Å². The van der Waals surface area contributed by atoms with Gasteiger partial charge in [0.2, 0.25) is 0 Å². The van der Waals surface area contributed by atoms with Crippen LogP contribution in [0, 0.1) is 0 Å². The number of carbonyl (C=O) groups excluding carboxylic acids is 1. The molecule has 0 aliphatic heterocycles. The summed E-state index contributed by atoms with van der Waals surface area (Å²) in [6, 6.07) is 0. The molecule has 21 heavy (non-hydrogen) atoms. The van der Waals surface area contributed by atoms with Gasteiger partial charge in [-0.3, -0.25) is 4.79 Å². The van der Waals surface area contributed by atoms with E-state index in [4.69, 9.17) is 19.9 Å². The number of hydrogen-bond acceptors (Lipinski definition) is 7. The topological polar surface area (TPSA) is 94.8 Å². The van der Waals surface area contributed by atoms with Crippen molar-refractivity contribution < 1.29 is 19.0 Å². The average Bonchev–Trinajstić information content (AvgIpc) is 2.81. The van der Waals surface area contributed by atoms with E-state index in [9.17, 15) is 4.79 Å². The molecule has 120 valence electrons. The first-order valence-corrected chi connectivity index (χ1v) is 7.46. The van der Waals surface area contributed by atoms with Crippen LogP contribution in [0.3, 0.4) is 0 Å². The molecule has 1 aromatic rings. The second-order valence-electron chi connectivity index (χ2n) is 4.17. The smallest absolute Gasteiger partial charge is 0.263 e. The summed E-state index contributed by atoms with van der Waals surface area (Å²) < 4.78 is 15.5. The van der Waals surface area contributed by atoms with Gasteiger partial charge in [-0.1, -0.05) is 0 Å². The summed E-state index contributed by atoms with van der Waals surface area (Å²) in [5, 5.41) is 6.53. The number of rotatable bonds is 10. The van der Waals surface area contributed by atoms with Gasteiger partial charge in [-0.05, 0) is 6.42 Å². The fraction of sp³-hybridized carbons (Fsp3) is 0.615. The second-order valence-corrected chi connectivity index (χ2v) is 5.19. The third-order valence-electron chi connectivity index (χ3n) is 2.72. The van der Waals surface area contributed by atoms with Crippen LogP contribution in [0.4, 0.5) is 10.7 Å². The van der Waals surface area contributed by atoms with Crippen molar-refractivity contribution in [1.82, 2.24) is 5.32 Å². The molecule has 0 saturated heterocycles. The summed E-state index contributed by atoms with van der Waals surface area (Å²) in [5.74, 6) is 0.297. The molecule has 1 aromatic heterocycles. The van der Waals surface area contributed by atoms with E-state index in [1.807, 2.05) is 0 Å². The molecule has 0 saturated carbocycles. The van der Waals surface area contributed by atoms with Crippen molar-refractivity contribution in [2.75, 3.05) is 58.7 Å². The maximum Gasteiger partial charge on any atom is 0.263 e. The molecule has 0 spiro atoms. The predicted octanol–water partition coefficient (Wildman–Crippen LogP) is 1.16. The van der Waals surface area contributed by atoms with Crippen LogP contribution in [0.25, 0.3) is 0 Å². The summed E-state index contributed by atoms with van der Waals surface area (Å²) in [5.41, 5.74) is 6.28. The van der Waals surface area contributed by atoms with Gasteiger partial charge in [-0.2, -0.15) is 0 Å². The van der Waals surface area contributed by atoms with E-state index < -0.39 is 0 Å². The maximum atomic E-state index is 11.7. The summed E-state index contributed by atoms with van der Waals surface area (Å²) >= 11 is 1.28. The number of amides is 1. The number of nitrogens with two attached hydrogens (primary N) is 1. The van der Waals surface area contributed by atoms with Gasteiger partial charge in [0, 0.05) is 27.3 Å². The van der Waals surface area contributed by atoms with Gasteiger partial charge < -0.3 is 30.6 Å². The number of ether oxygens (including phenoxy) is 3. The lowest BCUT2D eigenvalue weighted by molar-refractivity contribution is 0.0705. The molecule has 0 aromatic carbocycles. The fourth-order valence-corrected chi connectivity index (χ4v) is 2.71. The minimum atomic E-state index is -0.216. The first-order valence-electron chi connectivity index (χ1n) is 6.64. The lowest BCUT2D eigenvalue weighted by atomic mass is 10.3. The van der Waals surface area contributed by atoms with Crippen molar-refractivity contribution in [3.8, 4) is 5.75 Å². The monoisotopic (exact) mass is 317 g/mol. The number of carbonyl (C=O) groups is 1. The molecule has 7 nitrogen and oxygen atoms in total. The highest BCUT2D eigenvalue weighted by atomic mass is 32.1. The van der Waals surface area contributed by atoms with Crippen LogP contribution >= 0.6 is 11.3 Å². The Morgan fingerprint density at radius 1 is 1.29 bits per heavy atom. The zero-order valence-corrected chi connectivity index (χ0v) is 13.5. The van der Waals surface area contributed by atoms with Crippen LogP contribution in [0.2, 0.25) is 0 Å². The van der Waals surface area contributed by atoms with Gasteiger partial charge in [-0.15, -0.1) is 11.3 Å². The molecule has 1 rings (SSSR count). The Kier molecular flexibility index (Phi) is 7.88. The van der Waals surface area contributed by atoms with Crippen molar-refractivity contribution in [2.24, 2.45) is 0 Å². The summed E-state index contributed by atoms with van der Waals surface area (Å²) in [7, 11) is 4.74. The number of anilines is 2. The fourth-order valence-electron chi connectivity index (χ4n) is 1.65. The average molecular weight is 317 g/mol. The van der Waals surface area contributed by atoms with E-state index in [-0.39, 0.29) is 5.91 Å². The van der Waals surface area contributed by atoms with Crippen molar-refractivity contribution in [1.29, 1.82) is 0 Å². The van der Waals surface area contributed by atoms with Gasteiger partial charge >= 0.3 is 0 Å². The van der Waals surface area contributed by atoms with E-state index in [1.54, 1.807) is 14.2 Å². The van der Waals surface area contributed by atoms with Gasteiger partial charge in [0.05, 0.1) is 20.3 Å². The number of hydrogen-bond donors (Lipinski definition) is 3. The molecule has 1 amide bonds. The van der Waals surface area contributed by atoms with E-state index in [1.165, 1.54) is 18.4 Å². The highest BCUT2D eigenvalue weighted by Crippen LogP contribution is 2.42. The van der Waals surface area contributed by atoms with Gasteiger partial charge in [0.1, 0.15) is 15.6 Å². The van der Waals surface area contributed by atoms with E-state index in [0.717, 1.165) is 11.4 Å². The Morgan fingerprint density at radius 3 is 2.67 bits per heavy atom. The van der Waals surface area contributed by atoms with Gasteiger partial charge in [-0.25, -0.2) is 0 Å². The quantitative estimate of drug-likeness (QED) is 0.561. The normalized spacial score (nSPS) is 10.4. The molecule has 0 fully saturated rings. The van der Waals surface area contributed by atoms with Crippen molar-refractivity contribution in [3.63, 3.8) is 0 Å². The number of nitrogen functional groups attached to an aromatic ring is 1. The zero-order valence-electron chi connectivity index (χ0n) is 12.7. The largest absolute Gasteiger partial charge is 0.492 e. The summed E-state index contributed by atoms with van der Waals surface area (Å²) in [6.45, 7) is 2.53. The summed E-state index contributed by atoms with van der Waals surface area (Å²) in [6.07, 6.45) is 0.833. The first kappa shape index (κ1) is 17.5. The van der Waals surface area contributed by atoms with Gasteiger partial charge in [0.25, 0.3) is 5.91 Å². The predicted molar refractivity (Wildman–Crippen MR) is 84.5 cm³/mol. The SMILES string of the molecule is CNC(=O)c1sc(NCCCOCCOC)c(OC)c1N. The number of methoxy groups -OCH3 is 2. The molecule has 4 N–H and O–H groups in total. The van der Waals surface area contributed by atoms with Crippen LogP contribution in [-0.2, 0) is 9.47 Å². The molecule has 8 heteroatoms. The Hall–Kier alpha value is -1.51. The number of nitrogens with one attached hydrogen (secondary N) is 2. The lowest BCUT2D eigenvalue weighted by Crippen LogP contribution is -2.17. The second kappa shape index (κ2) is 9.43. The van der Waals surface area contributed by atoms with Crippen LogP contribution in [0.15, 0.2) is 0 Å². The third-order valence-corrected chi connectivity index (χ3v) is 3.86. The molecule has 1 heterocycles. The van der Waals surface area contributed by atoms with Crippen molar-refractivity contribution >= 4 is 27.9 Å². The van der Waals surface area contributed by atoms with Crippen molar-refractivity contribution in [3.05, 3.63) is 4.88 Å². The highest BCUT2D eigenvalue weighted by molar-refractivity contribution is 7.19. The van der Waals surface area contributed by atoms with Crippen molar-refractivity contribution in [2.45, 2.75) is 6.42 Å². The molecular formula is C13H23N3O4S. The molecule has 0 unspecified atom stereocenters. The van der Waals surface area contributed by atoms with Gasteiger partial charge in [0.15, 0.2) is 5.75 Å². The van der Waals surface area contributed by atoms with Crippen LogP contribution in [-0.4, -0.2) is 53.5 Å². The Labute approximate surface area is 128 Å². The van der Waals surface area contributed by atoms with Crippen LogP contribution in [0.5, 0.6) is 5.75 Å². The van der Waals surface area contributed by atoms with Crippen LogP contribution in [0.1, 0.15) is 16.1 Å². The van der Waals surface area contributed by atoms with Crippen LogP contribution < -0.4 is 21.1 Å². The lowest BCUT2D eigenvalue weighted by Gasteiger charge is -2.07. The molecule has 0 atom stereocenters. The Morgan fingerprint density at radius 2 is 2.05 bits per heavy atom. The maximum absolute atomic E-state index is 11.7. The molecule has 0 bridgehead atoms. The Bertz CT molecular complexity index is 451. The minimum absolute atomic E-state index is 0.216.